The average molecular weight is 438 g/mol. The molecule has 2 aromatic carbocycles. The van der Waals surface area contributed by atoms with Crippen molar-refractivity contribution in [2.24, 2.45) is 0 Å². The van der Waals surface area contributed by atoms with Gasteiger partial charge in [0.25, 0.3) is 0 Å². The van der Waals surface area contributed by atoms with E-state index in [0.717, 1.165) is 0 Å². The molecule has 0 bridgehead atoms. The van der Waals surface area contributed by atoms with Crippen LogP contribution in [0.25, 0.3) is 11.0 Å². The van der Waals surface area contributed by atoms with Gasteiger partial charge in [-0.25, -0.2) is 14.0 Å². The molecule has 9 heteroatoms. The van der Waals surface area contributed by atoms with Gasteiger partial charge in [-0.3, -0.25) is 4.90 Å². The zero-order chi connectivity index (χ0) is 23.4. The number of carbonyl (C=O) groups is 1. The second-order valence-electron chi connectivity index (χ2n) is 7.59. The molecule has 0 saturated carbocycles. The zero-order valence-corrected chi connectivity index (χ0v) is 18.0. The van der Waals surface area contributed by atoms with E-state index in [1.807, 2.05) is 0 Å². The third-order valence-corrected chi connectivity index (χ3v) is 4.91. The van der Waals surface area contributed by atoms with E-state index in [0.29, 0.717) is 10.9 Å². The fourth-order valence-corrected chi connectivity index (χ4v) is 3.27. The Hall–Kier alpha value is -3.90. The molecule has 1 amide bonds. The molecule has 3 rings (SSSR count). The van der Waals surface area contributed by atoms with Crippen LogP contribution in [0.1, 0.15) is 16.7 Å². The topological polar surface area (TPSA) is 113 Å². The third-order valence-electron chi connectivity index (χ3n) is 4.91. The Morgan fingerprint density at radius 3 is 2.66 bits per heavy atom. The van der Waals surface area contributed by atoms with Crippen molar-refractivity contribution in [2.45, 2.75) is 13.0 Å². The molecule has 1 aromatic heterocycles. The van der Waals surface area contributed by atoms with Gasteiger partial charge in [0.1, 0.15) is 17.1 Å². The predicted octanol–water partition coefficient (Wildman–Crippen LogP) is 3.12. The molecule has 0 unspecified atom stereocenters. The molecular formula is C23H23FN4O4. The van der Waals surface area contributed by atoms with Gasteiger partial charge in [-0.1, -0.05) is 12.1 Å². The predicted molar refractivity (Wildman–Crippen MR) is 118 cm³/mol. The van der Waals surface area contributed by atoms with Crippen LogP contribution in [0.15, 0.2) is 45.6 Å². The second-order valence-corrected chi connectivity index (χ2v) is 7.59. The number of benzene rings is 2. The molecule has 0 atom stereocenters. The molecule has 166 valence electrons. The third kappa shape index (κ3) is 4.87. The van der Waals surface area contributed by atoms with Gasteiger partial charge in [0.15, 0.2) is 0 Å². The van der Waals surface area contributed by atoms with E-state index in [9.17, 15) is 14.0 Å². The normalized spacial score (nSPS) is 10.9. The number of nitrogen functional groups attached to an aromatic ring is 1. The van der Waals surface area contributed by atoms with Gasteiger partial charge < -0.3 is 19.8 Å². The van der Waals surface area contributed by atoms with E-state index in [-0.39, 0.29) is 47.7 Å². The summed E-state index contributed by atoms with van der Waals surface area (Å²) in [6.07, 6.45) is -0.600. The summed E-state index contributed by atoms with van der Waals surface area (Å²) >= 11 is 0. The maximum Gasteiger partial charge on any atom is 0.414 e. The summed E-state index contributed by atoms with van der Waals surface area (Å²) in [6.45, 7) is 0.387. The van der Waals surface area contributed by atoms with Crippen LogP contribution in [0, 0.1) is 17.1 Å². The van der Waals surface area contributed by atoms with Crippen LogP contribution < -0.4 is 16.1 Å². The van der Waals surface area contributed by atoms with Gasteiger partial charge in [-0.15, -0.1) is 0 Å². The van der Waals surface area contributed by atoms with Gasteiger partial charge >= 0.3 is 11.7 Å². The summed E-state index contributed by atoms with van der Waals surface area (Å²) in [5.74, 6) is -0.375. The smallest absolute Gasteiger partial charge is 0.414 e. The van der Waals surface area contributed by atoms with Crippen molar-refractivity contribution in [1.82, 2.24) is 9.80 Å². The largest absolute Gasteiger partial charge is 0.422 e. The van der Waals surface area contributed by atoms with E-state index in [1.165, 1.54) is 17.0 Å². The number of fused-ring (bicyclic) bond motifs is 1. The molecule has 0 spiro atoms. The molecule has 0 fully saturated rings. The molecule has 32 heavy (non-hydrogen) atoms. The van der Waals surface area contributed by atoms with Crippen molar-refractivity contribution >= 4 is 22.7 Å². The van der Waals surface area contributed by atoms with Crippen molar-refractivity contribution in [3.63, 3.8) is 0 Å². The van der Waals surface area contributed by atoms with E-state index < -0.39 is 17.5 Å². The Balaban J connectivity index is 2.14. The minimum atomic E-state index is -0.643. The Morgan fingerprint density at radius 1 is 1.22 bits per heavy atom. The fraction of sp³-hybridized carbons (Fsp3) is 0.261. The number of halogens is 1. The maximum atomic E-state index is 14.5. The van der Waals surface area contributed by atoms with Crippen LogP contribution in [0.5, 0.6) is 5.75 Å². The number of hydrogen-bond donors (Lipinski definition) is 1. The molecule has 2 N–H and O–H groups in total. The highest BCUT2D eigenvalue weighted by molar-refractivity contribution is 5.83. The van der Waals surface area contributed by atoms with Crippen molar-refractivity contribution in [1.29, 1.82) is 5.26 Å². The number of nitrogens with two attached hydrogens (primary N) is 1. The monoisotopic (exact) mass is 438 g/mol. The van der Waals surface area contributed by atoms with Gasteiger partial charge in [0.05, 0.1) is 18.3 Å². The average Bonchev–Trinajstić information content (AvgIpc) is 2.73. The quantitative estimate of drug-likeness (QED) is 0.357. The first-order valence-electron chi connectivity index (χ1n) is 9.77. The lowest BCUT2D eigenvalue weighted by atomic mass is 9.97. The van der Waals surface area contributed by atoms with Crippen molar-refractivity contribution < 1.29 is 18.3 Å². The van der Waals surface area contributed by atoms with E-state index >= 15 is 0 Å². The maximum absolute atomic E-state index is 14.5. The first-order chi connectivity index (χ1) is 15.2. The molecule has 0 aliphatic carbocycles. The molecule has 1 heterocycles. The lowest BCUT2D eigenvalue weighted by Crippen LogP contribution is -2.25. The number of amides is 1. The summed E-state index contributed by atoms with van der Waals surface area (Å²) in [7, 11) is 4.84. The second kappa shape index (κ2) is 9.49. The van der Waals surface area contributed by atoms with Gasteiger partial charge in [0, 0.05) is 44.1 Å². The first-order valence-corrected chi connectivity index (χ1v) is 9.77. The molecule has 0 radical (unpaired) electrons. The van der Waals surface area contributed by atoms with Crippen LogP contribution in [0.4, 0.5) is 14.9 Å². The van der Waals surface area contributed by atoms with Crippen LogP contribution in [0.3, 0.4) is 0 Å². The van der Waals surface area contributed by atoms with Crippen molar-refractivity contribution in [3.05, 3.63) is 69.3 Å². The zero-order valence-electron chi connectivity index (χ0n) is 18.0. The molecule has 0 aliphatic heterocycles. The minimum Gasteiger partial charge on any atom is -0.422 e. The number of nitrogens with zero attached hydrogens (tertiary/aromatic N) is 3. The SMILES string of the molecule is CN(CC#N)Cc1c(Cc2cccc(N)c2F)c(=O)oc2cc(OC(=O)N(C)C)ccc12. The van der Waals surface area contributed by atoms with Gasteiger partial charge in [-0.2, -0.15) is 5.26 Å². The first kappa shape index (κ1) is 22.8. The molecule has 0 saturated heterocycles. The van der Waals surface area contributed by atoms with Crippen LogP contribution in [-0.4, -0.2) is 43.6 Å². The Kier molecular flexibility index (Phi) is 6.76. The summed E-state index contributed by atoms with van der Waals surface area (Å²) in [6, 6.07) is 11.4. The standard InChI is InChI=1S/C23H23FN4O4/c1-27(2)23(30)31-15-7-8-16-18(13-28(3)10-9-25)17(22(29)32-20(16)12-15)11-14-5-4-6-19(26)21(14)24/h4-8,12H,10-11,13,26H2,1-3H3. The number of carbonyl (C=O) groups excluding carboxylic acids is 1. The number of ether oxygens (including phenoxy) is 1. The fourth-order valence-electron chi connectivity index (χ4n) is 3.27. The minimum absolute atomic E-state index is 0.0109. The Labute approximate surface area is 184 Å². The molecule has 3 aromatic rings. The summed E-state index contributed by atoms with van der Waals surface area (Å²) in [4.78, 5) is 27.8. The molecular weight excluding hydrogens is 415 g/mol. The number of anilines is 1. The lowest BCUT2D eigenvalue weighted by Gasteiger charge is -2.18. The van der Waals surface area contributed by atoms with Crippen molar-refractivity contribution in [2.75, 3.05) is 33.4 Å². The lowest BCUT2D eigenvalue weighted by molar-refractivity contribution is 0.172. The highest BCUT2D eigenvalue weighted by Gasteiger charge is 2.19. The summed E-state index contributed by atoms with van der Waals surface area (Å²) < 4.78 is 25.3. The van der Waals surface area contributed by atoms with Crippen molar-refractivity contribution in [3.8, 4) is 11.8 Å². The molecule has 8 nitrogen and oxygen atoms in total. The molecule has 0 aliphatic rings. The van der Waals surface area contributed by atoms with Crippen LogP contribution >= 0.6 is 0 Å². The van der Waals surface area contributed by atoms with Crippen LogP contribution in [0.2, 0.25) is 0 Å². The number of rotatable bonds is 6. The van der Waals surface area contributed by atoms with Gasteiger partial charge in [-0.05, 0) is 36.4 Å². The number of nitriles is 1. The number of hydrogen-bond acceptors (Lipinski definition) is 7. The van der Waals surface area contributed by atoms with Gasteiger partial charge in [0.2, 0.25) is 0 Å². The summed E-state index contributed by atoms with van der Waals surface area (Å²) in [5.41, 5.74) is 6.37. The highest BCUT2D eigenvalue weighted by Crippen LogP contribution is 2.28. The van der Waals surface area contributed by atoms with E-state index in [1.54, 1.807) is 50.3 Å². The summed E-state index contributed by atoms with van der Waals surface area (Å²) in [5, 5.41) is 9.63. The Morgan fingerprint density at radius 2 is 1.97 bits per heavy atom. The highest BCUT2D eigenvalue weighted by atomic mass is 19.1. The van der Waals surface area contributed by atoms with E-state index in [2.05, 4.69) is 6.07 Å². The van der Waals surface area contributed by atoms with Crippen LogP contribution in [-0.2, 0) is 13.0 Å². The van der Waals surface area contributed by atoms with E-state index in [4.69, 9.17) is 20.1 Å². The Bertz CT molecular complexity index is 1260.